The highest BCUT2D eigenvalue weighted by atomic mass is 16.5. The summed E-state index contributed by atoms with van der Waals surface area (Å²) in [4.78, 5) is 48.8. The van der Waals surface area contributed by atoms with E-state index in [1.54, 1.807) is 17.7 Å². The quantitative estimate of drug-likeness (QED) is 0.218. The van der Waals surface area contributed by atoms with Crippen molar-refractivity contribution in [3.8, 4) is 0 Å². The Kier molecular flexibility index (Phi) is 11.4. The van der Waals surface area contributed by atoms with Crippen molar-refractivity contribution >= 4 is 34.8 Å². The fourth-order valence-electron chi connectivity index (χ4n) is 4.19. The number of aliphatic carboxylic acids is 1. The van der Waals surface area contributed by atoms with Gasteiger partial charge in [0.15, 0.2) is 0 Å². The van der Waals surface area contributed by atoms with E-state index in [2.05, 4.69) is 16.0 Å². The number of nitrogens with one attached hydrogen (secondary N) is 3. The number of unbranched alkanes of at least 4 members (excludes halogenated alkanes) is 2. The molecule has 3 aromatic rings. The van der Waals surface area contributed by atoms with Crippen LogP contribution in [0.5, 0.6) is 0 Å². The molecule has 0 radical (unpaired) electrons. The van der Waals surface area contributed by atoms with Crippen LogP contribution in [-0.2, 0) is 28.0 Å². The molecule has 0 aliphatic carbocycles. The lowest BCUT2D eigenvalue weighted by Crippen LogP contribution is -2.47. The third kappa shape index (κ3) is 9.48. The van der Waals surface area contributed by atoms with Crippen molar-refractivity contribution in [1.29, 1.82) is 0 Å². The van der Waals surface area contributed by atoms with E-state index in [-0.39, 0.29) is 31.4 Å². The number of nitrogens with zero attached hydrogens (tertiary/aromatic N) is 1. The van der Waals surface area contributed by atoms with Gasteiger partial charge in [-0.05, 0) is 43.4 Å². The number of alkyl carbamates (subject to hydrolysis) is 1. The number of hydrogen-bond acceptors (Lipinski definition) is 5. The number of carboxylic acid groups (broad SMARTS) is 1. The number of para-hydroxylation sites is 1. The molecule has 39 heavy (non-hydrogen) atoms. The van der Waals surface area contributed by atoms with Crippen molar-refractivity contribution in [3.63, 3.8) is 0 Å². The largest absolute Gasteiger partial charge is 0.481 e. The van der Waals surface area contributed by atoms with Crippen LogP contribution in [0.15, 0.2) is 60.7 Å². The number of carbonyl (C=O) groups is 4. The molecule has 10 nitrogen and oxygen atoms in total. The second kappa shape index (κ2) is 15.2. The summed E-state index contributed by atoms with van der Waals surface area (Å²) >= 11 is 0. The van der Waals surface area contributed by atoms with Gasteiger partial charge in [0.2, 0.25) is 5.91 Å². The lowest BCUT2D eigenvalue weighted by molar-refractivity contribution is -0.137. The number of hydrogen-bond donors (Lipinski definition) is 4. The first-order valence-electron chi connectivity index (χ1n) is 13.1. The molecule has 2 aromatic carbocycles. The van der Waals surface area contributed by atoms with Crippen LogP contribution in [0.3, 0.4) is 0 Å². The molecule has 0 spiro atoms. The Morgan fingerprint density at radius 2 is 1.62 bits per heavy atom. The minimum Gasteiger partial charge on any atom is -0.481 e. The Morgan fingerprint density at radius 1 is 0.897 bits per heavy atom. The predicted molar refractivity (Wildman–Crippen MR) is 147 cm³/mol. The van der Waals surface area contributed by atoms with E-state index < -0.39 is 18.1 Å². The summed E-state index contributed by atoms with van der Waals surface area (Å²) in [6.45, 7) is 0.810. The number of fused-ring (bicyclic) bond motifs is 1. The van der Waals surface area contributed by atoms with E-state index >= 15 is 0 Å². The van der Waals surface area contributed by atoms with Crippen LogP contribution >= 0.6 is 0 Å². The lowest BCUT2D eigenvalue weighted by atomic mass is 10.1. The molecule has 208 valence electrons. The second-order valence-corrected chi connectivity index (χ2v) is 9.30. The van der Waals surface area contributed by atoms with E-state index in [1.165, 1.54) is 0 Å². The highest BCUT2D eigenvalue weighted by molar-refractivity contribution is 6.00. The molecule has 1 aromatic heterocycles. The predicted octanol–water partition coefficient (Wildman–Crippen LogP) is 3.74. The number of ether oxygens (including phenoxy) is 1. The number of amides is 3. The number of benzene rings is 2. The molecule has 0 saturated heterocycles. The van der Waals surface area contributed by atoms with Gasteiger partial charge in [-0.15, -0.1) is 0 Å². The molecular formula is C29H36N4O6. The first-order valence-corrected chi connectivity index (χ1v) is 13.1. The van der Waals surface area contributed by atoms with E-state index in [0.717, 1.165) is 16.5 Å². The van der Waals surface area contributed by atoms with Crippen molar-refractivity contribution in [1.82, 2.24) is 20.5 Å². The topological polar surface area (TPSA) is 139 Å². The van der Waals surface area contributed by atoms with Gasteiger partial charge in [-0.1, -0.05) is 55.0 Å². The molecule has 1 atom stereocenters. The van der Waals surface area contributed by atoms with E-state index in [1.807, 2.05) is 54.6 Å². The Morgan fingerprint density at radius 3 is 2.36 bits per heavy atom. The zero-order chi connectivity index (χ0) is 28.0. The van der Waals surface area contributed by atoms with Crippen LogP contribution < -0.4 is 16.0 Å². The molecule has 3 rings (SSSR count). The van der Waals surface area contributed by atoms with Crippen molar-refractivity contribution in [3.05, 3.63) is 71.9 Å². The Bertz CT molecular complexity index is 1260. The average molecular weight is 537 g/mol. The molecule has 1 heterocycles. The molecule has 10 heteroatoms. The van der Waals surface area contributed by atoms with Crippen LogP contribution in [0.1, 0.15) is 54.6 Å². The monoisotopic (exact) mass is 536 g/mol. The lowest BCUT2D eigenvalue weighted by Gasteiger charge is -2.19. The van der Waals surface area contributed by atoms with Crippen molar-refractivity contribution in [2.75, 3.05) is 13.1 Å². The number of rotatable bonds is 15. The van der Waals surface area contributed by atoms with Gasteiger partial charge < -0.3 is 30.4 Å². The molecule has 3 amide bonds. The summed E-state index contributed by atoms with van der Waals surface area (Å²) in [5.41, 5.74) is 2.22. The van der Waals surface area contributed by atoms with Gasteiger partial charge in [0, 0.05) is 37.5 Å². The number of carboxylic acids is 1. The SMILES string of the molecule is Cn1c(C(=O)N[C@@H](CCCNC(=O)OCc2ccccc2)C(=O)NCCCCCC(=O)O)cc2ccccc21. The summed E-state index contributed by atoms with van der Waals surface area (Å²) in [5.74, 6) is -1.54. The second-order valence-electron chi connectivity index (χ2n) is 9.30. The highest BCUT2D eigenvalue weighted by Gasteiger charge is 2.23. The van der Waals surface area contributed by atoms with Crippen LogP contribution in [-0.4, -0.2) is 52.7 Å². The van der Waals surface area contributed by atoms with Crippen LogP contribution in [0.2, 0.25) is 0 Å². The van der Waals surface area contributed by atoms with Crippen molar-refractivity contribution in [2.24, 2.45) is 7.05 Å². The summed E-state index contributed by atoms with van der Waals surface area (Å²) in [5, 5.41) is 18.0. The van der Waals surface area contributed by atoms with Gasteiger partial charge in [-0.2, -0.15) is 0 Å². The van der Waals surface area contributed by atoms with Gasteiger partial charge in [0.25, 0.3) is 5.91 Å². The maximum atomic E-state index is 13.1. The van der Waals surface area contributed by atoms with E-state index in [9.17, 15) is 19.2 Å². The highest BCUT2D eigenvalue weighted by Crippen LogP contribution is 2.18. The molecular weight excluding hydrogens is 500 g/mol. The van der Waals surface area contributed by atoms with Crippen molar-refractivity contribution < 1.29 is 29.0 Å². The molecule has 4 N–H and O–H groups in total. The molecule has 0 fully saturated rings. The summed E-state index contributed by atoms with van der Waals surface area (Å²) in [7, 11) is 1.80. The number of carbonyl (C=O) groups excluding carboxylic acids is 3. The normalized spacial score (nSPS) is 11.5. The summed E-state index contributed by atoms with van der Waals surface area (Å²) in [6.07, 6.45) is 2.13. The van der Waals surface area contributed by atoms with Crippen LogP contribution in [0.4, 0.5) is 4.79 Å². The van der Waals surface area contributed by atoms with Gasteiger partial charge in [-0.25, -0.2) is 4.79 Å². The summed E-state index contributed by atoms with van der Waals surface area (Å²) in [6, 6.07) is 17.9. The van der Waals surface area contributed by atoms with Crippen LogP contribution in [0, 0.1) is 0 Å². The smallest absolute Gasteiger partial charge is 0.407 e. The zero-order valence-electron chi connectivity index (χ0n) is 22.2. The Labute approximate surface area is 227 Å². The molecule has 0 aliphatic rings. The van der Waals surface area contributed by atoms with E-state index in [4.69, 9.17) is 9.84 Å². The maximum absolute atomic E-state index is 13.1. The Hall–Kier alpha value is -4.34. The molecule has 0 bridgehead atoms. The third-order valence-electron chi connectivity index (χ3n) is 6.32. The van der Waals surface area contributed by atoms with Gasteiger partial charge in [0.05, 0.1) is 0 Å². The first kappa shape index (κ1) is 29.2. The number of aryl methyl sites for hydroxylation is 1. The Balaban J connectivity index is 1.52. The standard InChI is InChI=1S/C29H36N4O6/c1-33-24-15-8-7-13-22(24)19-25(33)28(37)32-23(27(36)30-17-9-3-6-16-26(34)35)14-10-18-31-29(38)39-20-21-11-4-2-5-12-21/h2,4-5,7-8,11-13,15,19,23H,3,6,9-10,14,16-18,20H2,1H3,(H,30,36)(H,31,38)(H,32,37)(H,34,35)/t23-/m0/s1. The van der Waals surface area contributed by atoms with E-state index in [0.29, 0.717) is 44.3 Å². The maximum Gasteiger partial charge on any atom is 0.407 e. The minimum absolute atomic E-state index is 0.0957. The number of aromatic nitrogens is 1. The fraction of sp³-hybridized carbons (Fsp3) is 0.379. The first-order chi connectivity index (χ1) is 18.8. The zero-order valence-corrected chi connectivity index (χ0v) is 22.2. The average Bonchev–Trinajstić information content (AvgIpc) is 3.27. The molecule has 0 saturated carbocycles. The fourth-order valence-corrected chi connectivity index (χ4v) is 4.19. The molecule has 0 aliphatic heterocycles. The van der Waals surface area contributed by atoms with Gasteiger partial charge >= 0.3 is 12.1 Å². The van der Waals surface area contributed by atoms with Gasteiger partial charge in [0.1, 0.15) is 18.3 Å². The molecule has 0 unspecified atom stereocenters. The third-order valence-corrected chi connectivity index (χ3v) is 6.32. The van der Waals surface area contributed by atoms with Gasteiger partial charge in [-0.3, -0.25) is 14.4 Å². The van der Waals surface area contributed by atoms with Crippen molar-refractivity contribution in [2.45, 2.75) is 51.2 Å². The summed E-state index contributed by atoms with van der Waals surface area (Å²) < 4.78 is 6.99. The minimum atomic E-state index is -0.840. The van der Waals surface area contributed by atoms with Crippen LogP contribution in [0.25, 0.3) is 10.9 Å².